The molecule has 0 saturated carbocycles. The molecule has 2 nitrogen and oxygen atoms in total. The van der Waals surface area contributed by atoms with E-state index in [4.69, 9.17) is 5.73 Å². The zero-order chi connectivity index (χ0) is 13.1. The highest BCUT2D eigenvalue weighted by atomic mass is 15.2. The summed E-state index contributed by atoms with van der Waals surface area (Å²) in [6, 6.07) is 0.719. The van der Waals surface area contributed by atoms with Crippen LogP contribution >= 0.6 is 0 Å². The van der Waals surface area contributed by atoms with Crippen LogP contribution in [-0.2, 0) is 0 Å². The highest BCUT2D eigenvalue weighted by molar-refractivity contribution is 4.97. The summed E-state index contributed by atoms with van der Waals surface area (Å²) >= 11 is 0. The van der Waals surface area contributed by atoms with Gasteiger partial charge in [0.25, 0.3) is 0 Å². The lowest BCUT2D eigenvalue weighted by atomic mass is 9.80. The van der Waals surface area contributed by atoms with Gasteiger partial charge in [0.2, 0.25) is 0 Å². The van der Waals surface area contributed by atoms with Crippen molar-refractivity contribution >= 4 is 0 Å². The number of hydrogen-bond acceptors (Lipinski definition) is 2. The van der Waals surface area contributed by atoms with E-state index in [-0.39, 0.29) is 5.54 Å². The summed E-state index contributed by atoms with van der Waals surface area (Å²) in [5.74, 6) is 1.45. The third kappa shape index (κ3) is 3.69. The van der Waals surface area contributed by atoms with Gasteiger partial charge >= 0.3 is 0 Å². The van der Waals surface area contributed by atoms with Crippen molar-refractivity contribution in [2.24, 2.45) is 17.6 Å². The van der Waals surface area contributed by atoms with Crippen LogP contribution in [0.25, 0.3) is 0 Å². The Morgan fingerprint density at radius 2 is 1.71 bits per heavy atom. The maximum absolute atomic E-state index is 6.20. The van der Waals surface area contributed by atoms with Gasteiger partial charge < -0.3 is 5.73 Å². The summed E-state index contributed by atoms with van der Waals surface area (Å²) < 4.78 is 0. The summed E-state index contributed by atoms with van der Waals surface area (Å²) in [6.07, 6.45) is 5.18. The van der Waals surface area contributed by atoms with E-state index in [1.54, 1.807) is 0 Å². The van der Waals surface area contributed by atoms with Crippen molar-refractivity contribution in [1.82, 2.24) is 4.90 Å². The Kier molecular flexibility index (Phi) is 5.46. The summed E-state index contributed by atoms with van der Waals surface area (Å²) in [6.45, 7) is 13.7. The molecule has 1 fully saturated rings. The van der Waals surface area contributed by atoms with Crippen LogP contribution in [0.15, 0.2) is 0 Å². The number of nitrogens with two attached hydrogens (primary N) is 1. The normalized spacial score (nSPS) is 22.9. The van der Waals surface area contributed by atoms with E-state index in [9.17, 15) is 0 Å². The molecule has 0 aromatic rings. The SMILES string of the molecule is CC(C)CC(CN)(CC(C)C)N1CCCC1C. The Morgan fingerprint density at radius 1 is 1.18 bits per heavy atom. The largest absolute Gasteiger partial charge is 0.329 e. The van der Waals surface area contributed by atoms with Gasteiger partial charge in [-0.25, -0.2) is 0 Å². The maximum Gasteiger partial charge on any atom is 0.0339 e. The van der Waals surface area contributed by atoms with Gasteiger partial charge in [0.15, 0.2) is 0 Å². The first-order valence-corrected chi connectivity index (χ1v) is 7.38. The van der Waals surface area contributed by atoms with Crippen molar-refractivity contribution in [3.63, 3.8) is 0 Å². The Morgan fingerprint density at radius 3 is 2.00 bits per heavy atom. The third-order valence-electron chi connectivity index (χ3n) is 4.12. The first-order valence-electron chi connectivity index (χ1n) is 7.38. The van der Waals surface area contributed by atoms with Crippen molar-refractivity contribution in [2.75, 3.05) is 13.1 Å². The molecule has 1 heterocycles. The Bertz CT molecular complexity index is 213. The second kappa shape index (κ2) is 6.19. The Labute approximate surface area is 108 Å². The molecular formula is C15H32N2. The van der Waals surface area contributed by atoms with E-state index in [0.29, 0.717) is 0 Å². The molecular weight excluding hydrogens is 208 g/mol. The molecule has 2 heteroatoms. The fourth-order valence-corrected chi connectivity index (χ4v) is 3.76. The molecule has 0 aliphatic carbocycles. The second-order valence-corrected chi connectivity index (χ2v) is 6.81. The van der Waals surface area contributed by atoms with Gasteiger partial charge in [-0.1, -0.05) is 27.7 Å². The van der Waals surface area contributed by atoms with E-state index in [1.807, 2.05) is 0 Å². The van der Waals surface area contributed by atoms with E-state index in [1.165, 1.54) is 32.2 Å². The predicted octanol–water partition coefficient (Wildman–Crippen LogP) is 3.26. The van der Waals surface area contributed by atoms with Gasteiger partial charge in [-0.3, -0.25) is 4.90 Å². The summed E-state index contributed by atoms with van der Waals surface area (Å²) in [4.78, 5) is 2.72. The Balaban J connectivity index is 2.88. The molecule has 1 aliphatic heterocycles. The number of likely N-dealkylation sites (tertiary alicyclic amines) is 1. The minimum absolute atomic E-state index is 0.248. The van der Waals surface area contributed by atoms with E-state index in [2.05, 4.69) is 39.5 Å². The topological polar surface area (TPSA) is 29.3 Å². The van der Waals surface area contributed by atoms with Crippen LogP contribution < -0.4 is 5.73 Å². The lowest BCUT2D eigenvalue weighted by Gasteiger charge is -2.46. The molecule has 0 bridgehead atoms. The van der Waals surface area contributed by atoms with Gasteiger partial charge in [-0.15, -0.1) is 0 Å². The first kappa shape index (κ1) is 15.0. The molecule has 0 aromatic heterocycles. The first-order chi connectivity index (χ1) is 7.91. The summed E-state index contributed by atoms with van der Waals surface area (Å²) in [5.41, 5.74) is 6.45. The van der Waals surface area contributed by atoms with Crippen LogP contribution in [0, 0.1) is 11.8 Å². The quantitative estimate of drug-likeness (QED) is 0.772. The lowest BCUT2D eigenvalue weighted by molar-refractivity contribution is 0.0476. The second-order valence-electron chi connectivity index (χ2n) is 6.81. The fraction of sp³-hybridized carbons (Fsp3) is 1.00. The summed E-state index contributed by atoms with van der Waals surface area (Å²) in [7, 11) is 0. The Hall–Kier alpha value is -0.0800. The molecule has 102 valence electrons. The molecule has 1 saturated heterocycles. The van der Waals surface area contributed by atoms with Gasteiger partial charge in [0.1, 0.15) is 0 Å². The third-order valence-corrected chi connectivity index (χ3v) is 4.12. The van der Waals surface area contributed by atoms with E-state index in [0.717, 1.165) is 24.4 Å². The van der Waals surface area contributed by atoms with Crippen molar-refractivity contribution < 1.29 is 0 Å². The molecule has 0 radical (unpaired) electrons. The van der Waals surface area contributed by atoms with E-state index < -0.39 is 0 Å². The van der Waals surface area contributed by atoms with Gasteiger partial charge in [0, 0.05) is 18.1 Å². The molecule has 1 rings (SSSR count). The van der Waals surface area contributed by atoms with Gasteiger partial charge in [0.05, 0.1) is 0 Å². The number of hydrogen-bond donors (Lipinski definition) is 1. The van der Waals surface area contributed by atoms with E-state index >= 15 is 0 Å². The molecule has 2 N–H and O–H groups in total. The number of rotatable bonds is 6. The average molecular weight is 240 g/mol. The monoisotopic (exact) mass is 240 g/mol. The molecule has 1 atom stereocenters. The predicted molar refractivity (Wildman–Crippen MR) is 76.1 cm³/mol. The molecule has 17 heavy (non-hydrogen) atoms. The van der Waals surface area contributed by atoms with Crippen molar-refractivity contribution in [2.45, 2.75) is 71.9 Å². The lowest BCUT2D eigenvalue weighted by Crippen LogP contribution is -2.56. The van der Waals surface area contributed by atoms with Crippen LogP contribution in [0.1, 0.15) is 60.3 Å². The van der Waals surface area contributed by atoms with Crippen LogP contribution in [0.5, 0.6) is 0 Å². The van der Waals surface area contributed by atoms with Crippen molar-refractivity contribution in [1.29, 1.82) is 0 Å². The van der Waals surface area contributed by atoms with Crippen LogP contribution in [0.4, 0.5) is 0 Å². The molecule has 1 aliphatic rings. The highest BCUT2D eigenvalue weighted by Gasteiger charge is 2.40. The van der Waals surface area contributed by atoms with Crippen molar-refractivity contribution in [3.8, 4) is 0 Å². The summed E-state index contributed by atoms with van der Waals surface area (Å²) in [5, 5.41) is 0. The standard InChI is InChI=1S/C15H32N2/c1-12(2)9-15(11-16,10-13(3)4)17-8-6-7-14(17)5/h12-14H,6-11,16H2,1-5H3. The minimum atomic E-state index is 0.248. The zero-order valence-electron chi connectivity index (χ0n) is 12.5. The maximum atomic E-state index is 6.20. The molecule has 0 amide bonds. The molecule has 0 aromatic carbocycles. The van der Waals surface area contributed by atoms with Gasteiger partial charge in [-0.05, 0) is 51.0 Å². The number of nitrogens with zero attached hydrogens (tertiary/aromatic N) is 1. The van der Waals surface area contributed by atoms with Crippen LogP contribution in [-0.4, -0.2) is 29.6 Å². The minimum Gasteiger partial charge on any atom is -0.329 e. The zero-order valence-corrected chi connectivity index (χ0v) is 12.5. The molecule has 1 unspecified atom stereocenters. The fourth-order valence-electron chi connectivity index (χ4n) is 3.76. The smallest absolute Gasteiger partial charge is 0.0339 e. The average Bonchev–Trinajstić information content (AvgIpc) is 2.62. The highest BCUT2D eigenvalue weighted by Crippen LogP contribution is 2.35. The van der Waals surface area contributed by atoms with Crippen LogP contribution in [0.3, 0.4) is 0 Å². The van der Waals surface area contributed by atoms with Crippen LogP contribution in [0.2, 0.25) is 0 Å². The van der Waals surface area contributed by atoms with Crippen molar-refractivity contribution in [3.05, 3.63) is 0 Å². The van der Waals surface area contributed by atoms with Gasteiger partial charge in [-0.2, -0.15) is 0 Å². The molecule has 0 spiro atoms.